The third kappa shape index (κ3) is 4.97. The fraction of sp³-hybridized carbons (Fsp3) is 0.263. The second-order valence-electron chi connectivity index (χ2n) is 5.94. The van der Waals surface area contributed by atoms with Crippen molar-refractivity contribution in [3.05, 3.63) is 63.1 Å². The summed E-state index contributed by atoms with van der Waals surface area (Å²) in [7, 11) is 0. The van der Waals surface area contributed by atoms with Crippen LogP contribution in [0.15, 0.2) is 36.4 Å². The van der Waals surface area contributed by atoms with Crippen molar-refractivity contribution in [2.75, 3.05) is 11.9 Å². The van der Waals surface area contributed by atoms with Gasteiger partial charge in [0, 0.05) is 10.7 Å². The van der Waals surface area contributed by atoms with Crippen LogP contribution in [0.4, 0.5) is 5.69 Å². The number of hydrogen-bond acceptors (Lipinski definition) is 3. The van der Waals surface area contributed by atoms with Gasteiger partial charge in [-0.15, -0.1) is 0 Å². The normalized spacial score (nSPS) is 10.6. The predicted molar refractivity (Wildman–Crippen MR) is 101 cm³/mol. The van der Waals surface area contributed by atoms with Crippen LogP contribution in [-0.2, 0) is 9.53 Å². The minimum absolute atomic E-state index is 0.126. The Morgan fingerprint density at radius 1 is 1.16 bits per heavy atom. The number of carbonyl (C=O) groups is 2. The molecule has 132 valence electrons. The Hall–Kier alpha value is -2.04. The number of amides is 1. The van der Waals surface area contributed by atoms with E-state index in [4.69, 9.17) is 27.9 Å². The lowest BCUT2D eigenvalue weighted by Gasteiger charge is -2.16. The zero-order chi connectivity index (χ0) is 18.6. The molecule has 6 heteroatoms. The topological polar surface area (TPSA) is 55.4 Å². The van der Waals surface area contributed by atoms with Crippen LogP contribution in [-0.4, -0.2) is 18.5 Å². The fourth-order valence-corrected chi connectivity index (χ4v) is 2.75. The molecular weight excluding hydrogens is 361 g/mol. The van der Waals surface area contributed by atoms with E-state index in [9.17, 15) is 9.59 Å². The van der Waals surface area contributed by atoms with Crippen molar-refractivity contribution in [1.29, 1.82) is 0 Å². The summed E-state index contributed by atoms with van der Waals surface area (Å²) in [6.07, 6.45) is 0. The predicted octanol–water partition coefficient (Wildman–Crippen LogP) is 5.22. The minimum Gasteiger partial charge on any atom is -0.452 e. The number of esters is 1. The first-order valence-electron chi connectivity index (χ1n) is 7.81. The van der Waals surface area contributed by atoms with Crippen LogP contribution >= 0.6 is 23.2 Å². The highest BCUT2D eigenvalue weighted by Gasteiger charge is 2.16. The molecule has 0 heterocycles. The van der Waals surface area contributed by atoms with E-state index in [-0.39, 0.29) is 16.5 Å². The van der Waals surface area contributed by atoms with Crippen LogP contribution in [0.5, 0.6) is 0 Å². The van der Waals surface area contributed by atoms with Gasteiger partial charge in [-0.25, -0.2) is 4.79 Å². The maximum absolute atomic E-state index is 12.2. The van der Waals surface area contributed by atoms with E-state index in [1.807, 2.05) is 39.0 Å². The molecule has 2 aromatic carbocycles. The van der Waals surface area contributed by atoms with Crippen molar-refractivity contribution in [3.63, 3.8) is 0 Å². The molecule has 0 bridgehead atoms. The summed E-state index contributed by atoms with van der Waals surface area (Å²) in [5.41, 5.74) is 2.85. The highest BCUT2D eigenvalue weighted by molar-refractivity contribution is 6.35. The van der Waals surface area contributed by atoms with Crippen LogP contribution in [0.25, 0.3) is 0 Å². The summed E-state index contributed by atoms with van der Waals surface area (Å²) in [4.78, 5) is 24.3. The largest absolute Gasteiger partial charge is 0.452 e. The Morgan fingerprint density at radius 3 is 2.56 bits per heavy atom. The molecule has 0 spiro atoms. The molecule has 25 heavy (non-hydrogen) atoms. The lowest BCUT2D eigenvalue weighted by atomic mass is 9.98. The molecule has 0 aliphatic carbocycles. The van der Waals surface area contributed by atoms with Gasteiger partial charge in [0.05, 0.1) is 10.6 Å². The SMILES string of the molecule is Cc1cccc(C(C)C)c1NC(=O)COC(=O)c1cc(Cl)ccc1Cl. The average molecular weight is 380 g/mol. The zero-order valence-corrected chi connectivity index (χ0v) is 15.7. The van der Waals surface area contributed by atoms with Crippen LogP contribution in [0.3, 0.4) is 0 Å². The molecule has 0 aliphatic rings. The smallest absolute Gasteiger partial charge is 0.340 e. The molecule has 0 atom stereocenters. The number of anilines is 1. The van der Waals surface area contributed by atoms with Crippen molar-refractivity contribution in [2.24, 2.45) is 0 Å². The van der Waals surface area contributed by atoms with Gasteiger partial charge in [-0.3, -0.25) is 4.79 Å². The lowest BCUT2D eigenvalue weighted by Crippen LogP contribution is -2.22. The maximum atomic E-state index is 12.2. The first-order valence-corrected chi connectivity index (χ1v) is 8.56. The van der Waals surface area contributed by atoms with Gasteiger partial charge in [0.2, 0.25) is 0 Å². The van der Waals surface area contributed by atoms with Crippen LogP contribution in [0.2, 0.25) is 10.0 Å². The Balaban J connectivity index is 2.04. The third-order valence-corrected chi connectivity index (χ3v) is 4.24. The molecule has 0 fully saturated rings. The number of benzene rings is 2. The summed E-state index contributed by atoms with van der Waals surface area (Å²) in [6, 6.07) is 10.3. The second kappa shape index (κ2) is 8.37. The molecule has 1 amide bonds. The van der Waals surface area contributed by atoms with E-state index >= 15 is 0 Å². The molecule has 0 saturated carbocycles. The molecule has 4 nitrogen and oxygen atoms in total. The van der Waals surface area contributed by atoms with E-state index in [1.54, 1.807) is 6.07 Å². The monoisotopic (exact) mass is 379 g/mol. The molecular formula is C19H19Cl2NO3. The number of halogens is 2. The second-order valence-corrected chi connectivity index (χ2v) is 6.79. The number of aryl methyl sites for hydroxylation is 1. The summed E-state index contributed by atoms with van der Waals surface area (Å²) in [5, 5.41) is 3.40. The minimum atomic E-state index is -0.698. The molecule has 0 aliphatic heterocycles. The standard InChI is InChI=1S/C19H19Cl2NO3/c1-11(2)14-6-4-5-12(3)18(14)22-17(23)10-25-19(24)15-9-13(20)7-8-16(15)21/h4-9,11H,10H2,1-3H3,(H,22,23). The first kappa shape index (κ1) is 19.3. The lowest BCUT2D eigenvalue weighted by molar-refractivity contribution is -0.119. The van der Waals surface area contributed by atoms with Gasteiger partial charge in [0.15, 0.2) is 6.61 Å². The van der Waals surface area contributed by atoms with E-state index in [2.05, 4.69) is 5.32 Å². The van der Waals surface area contributed by atoms with Gasteiger partial charge >= 0.3 is 5.97 Å². The van der Waals surface area contributed by atoms with Crippen molar-refractivity contribution in [3.8, 4) is 0 Å². The van der Waals surface area contributed by atoms with Gasteiger partial charge in [-0.1, -0.05) is 55.2 Å². The highest BCUT2D eigenvalue weighted by Crippen LogP contribution is 2.27. The number of ether oxygens (including phenoxy) is 1. The van der Waals surface area contributed by atoms with Crippen molar-refractivity contribution >= 4 is 40.8 Å². The van der Waals surface area contributed by atoms with Crippen LogP contribution in [0.1, 0.15) is 41.3 Å². The maximum Gasteiger partial charge on any atom is 0.340 e. The van der Waals surface area contributed by atoms with E-state index in [0.29, 0.717) is 5.02 Å². The summed E-state index contributed by atoms with van der Waals surface area (Å²) in [5.74, 6) is -0.859. The molecule has 1 N–H and O–H groups in total. The summed E-state index contributed by atoms with van der Waals surface area (Å²) < 4.78 is 5.04. The van der Waals surface area contributed by atoms with Gasteiger partial charge in [-0.2, -0.15) is 0 Å². The number of carbonyl (C=O) groups excluding carboxylic acids is 2. The Labute approximate surface area is 157 Å². The fourth-order valence-electron chi connectivity index (χ4n) is 2.38. The molecule has 0 aromatic heterocycles. The Bertz CT molecular complexity index is 803. The average Bonchev–Trinajstić information content (AvgIpc) is 2.56. The van der Waals surface area contributed by atoms with Crippen molar-refractivity contribution < 1.29 is 14.3 Å². The molecule has 2 aromatic rings. The Morgan fingerprint density at radius 2 is 1.88 bits per heavy atom. The molecule has 0 radical (unpaired) electrons. The van der Waals surface area contributed by atoms with Crippen LogP contribution in [0, 0.1) is 6.92 Å². The third-order valence-electron chi connectivity index (χ3n) is 3.67. The number of hydrogen-bond donors (Lipinski definition) is 1. The zero-order valence-electron chi connectivity index (χ0n) is 14.2. The van der Waals surface area contributed by atoms with Gasteiger partial charge in [0.25, 0.3) is 5.91 Å². The van der Waals surface area contributed by atoms with Gasteiger partial charge in [-0.05, 0) is 42.2 Å². The van der Waals surface area contributed by atoms with Crippen molar-refractivity contribution in [1.82, 2.24) is 0 Å². The van der Waals surface area contributed by atoms with E-state index in [1.165, 1.54) is 12.1 Å². The van der Waals surface area contributed by atoms with Crippen LogP contribution < -0.4 is 5.32 Å². The number of nitrogens with one attached hydrogen (secondary N) is 1. The number of para-hydroxylation sites is 1. The van der Waals surface area contributed by atoms with E-state index < -0.39 is 18.5 Å². The highest BCUT2D eigenvalue weighted by atomic mass is 35.5. The Kier molecular flexibility index (Phi) is 6.45. The summed E-state index contributed by atoms with van der Waals surface area (Å²) in [6.45, 7) is 5.60. The van der Waals surface area contributed by atoms with Crippen molar-refractivity contribution in [2.45, 2.75) is 26.7 Å². The molecule has 0 saturated heterocycles. The summed E-state index contributed by atoms with van der Waals surface area (Å²) >= 11 is 11.8. The first-order chi connectivity index (χ1) is 11.8. The van der Waals surface area contributed by atoms with Gasteiger partial charge < -0.3 is 10.1 Å². The quantitative estimate of drug-likeness (QED) is 0.724. The van der Waals surface area contributed by atoms with Gasteiger partial charge in [0.1, 0.15) is 0 Å². The van der Waals surface area contributed by atoms with E-state index in [0.717, 1.165) is 16.8 Å². The molecule has 0 unspecified atom stereocenters. The molecule has 2 rings (SSSR count). The number of rotatable bonds is 5.